The fourth-order valence-corrected chi connectivity index (χ4v) is 4.12. The van der Waals surface area contributed by atoms with Gasteiger partial charge in [0.1, 0.15) is 24.7 Å². The van der Waals surface area contributed by atoms with E-state index in [1.807, 2.05) is 97.1 Å². The lowest BCUT2D eigenvalue weighted by atomic mass is 9.95. The van der Waals surface area contributed by atoms with Crippen LogP contribution in [0.1, 0.15) is 43.0 Å². The summed E-state index contributed by atoms with van der Waals surface area (Å²) in [6.45, 7) is 0.528. The first-order valence-corrected chi connectivity index (χ1v) is 12.4. The van der Waals surface area contributed by atoms with Crippen LogP contribution in [0.25, 0.3) is 0 Å². The number of carbonyl (C=O) groups is 2. The molecule has 186 valence electrons. The van der Waals surface area contributed by atoms with E-state index >= 15 is 0 Å². The maximum atomic E-state index is 13.6. The molecule has 0 unspecified atom stereocenters. The summed E-state index contributed by atoms with van der Waals surface area (Å²) in [5, 5.41) is 0. The largest absolute Gasteiger partial charge is 0.488 e. The molecule has 4 heteroatoms. The lowest BCUT2D eigenvalue weighted by Gasteiger charge is -2.17. The molecule has 0 aliphatic carbocycles. The maximum absolute atomic E-state index is 13.6. The first kappa shape index (κ1) is 24.7. The van der Waals surface area contributed by atoms with Crippen molar-refractivity contribution in [1.82, 2.24) is 0 Å². The van der Waals surface area contributed by atoms with Crippen LogP contribution in [0.4, 0.5) is 0 Å². The second-order valence-corrected chi connectivity index (χ2v) is 8.78. The van der Waals surface area contributed by atoms with Crippen LogP contribution in [0.3, 0.4) is 0 Å². The molecule has 38 heavy (non-hydrogen) atoms. The number of hydrogen-bond donors (Lipinski definition) is 0. The molecule has 0 radical (unpaired) electrons. The van der Waals surface area contributed by atoms with E-state index in [4.69, 9.17) is 9.47 Å². The third-order valence-corrected chi connectivity index (χ3v) is 6.12. The van der Waals surface area contributed by atoms with Crippen molar-refractivity contribution in [3.05, 3.63) is 167 Å². The lowest BCUT2D eigenvalue weighted by Crippen LogP contribution is -2.11. The van der Waals surface area contributed by atoms with Gasteiger partial charge >= 0.3 is 0 Å². The number of carbonyl (C=O) groups excluding carboxylic acids is 2. The Kier molecular flexibility index (Phi) is 7.71. The molecule has 0 amide bonds. The van der Waals surface area contributed by atoms with Gasteiger partial charge < -0.3 is 9.47 Å². The maximum Gasteiger partial charge on any atom is 0.196 e. The highest BCUT2D eigenvalue weighted by molar-refractivity contribution is 6.15. The highest BCUT2D eigenvalue weighted by Gasteiger charge is 2.23. The van der Waals surface area contributed by atoms with Crippen molar-refractivity contribution in [3.63, 3.8) is 0 Å². The molecule has 0 fully saturated rings. The van der Waals surface area contributed by atoms with Gasteiger partial charge in [0.25, 0.3) is 0 Å². The van der Waals surface area contributed by atoms with Crippen LogP contribution in [-0.2, 0) is 13.2 Å². The Hall–Kier alpha value is -4.96. The lowest BCUT2D eigenvalue weighted by molar-refractivity contribution is 0.103. The second-order valence-electron chi connectivity index (χ2n) is 8.78. The van der Waals surface area contributed by atoms with Crippen molar-refractivity contribution >= 4 is 11.6 Å². The number of ketones is 2. The first-order valence-electron chi connectivity index (χ1n) is 12.4. The average molecular weight is 499 g/mol. The Morgan fingerprint density at radius 2 is 0.789 bits per heavy atom. The van der Waals surface area contributed by atoms with Crippen LogP contribution in [0.2, 0.25) is 0 Å². The summed E-state index contributed by atoms with van der Waals surface area (Å²) < 4.78 is 12.4. The first-order chi connectivity index (χ1) is 18.7. The highest BCUT2D eigenvalue weighted by Crippen LogP contribution is 2.34. The van der Waals surface area contributed by atoms with E-state index in [0.717, 1.165) is 11.1 Å². The predicted molar refractivity (Wildman–Crippen MR) is 148 cm³/mol. The van der Waals surface area contributed by atoms with Gasteiger partial charge in [-0.15, -0.1) is 0 Å². The van der Waals surface area contributed by atoms with Gasteiger partial charge in [0, 0.05) is 17.2 Å². The van der Waals surface area contributed by atoms with Crippen LogP contribution in [-0.4, -0.2) is 11.6 Å². The minimum atomic E-state index is -0.231. The van der Waals surface area contributed by atoms with E-state index < -0.39 is 0 Å². The molecular formula is C34H26O4. The van der Waals surface area contributed by atoms with Gasteiger partial charge in [-0.25, -0.2) is 0 Å². The number of ether oxygens (including phenoxy) is 2. The molecule has 0 N–H and O–H groups in total. The van der Waals surface area contributed by atoms with E-state index in [1.54, 1.807) is 36.4 Å². The van der Waals surface area contributed by atoms with Crippen LogP contribution >= 0.6 is 0 Å². The van der Waals surface area contributed by atoms with Crippen molar-refractivity contribution in [2.24, 2.45) is 0 Å². The van der Waals surface area contributed by atoms with Crippen molar-refractivity contribution in [1.29, 1.82) is 0 Å². The topological polar surface area (TPSA) is 52.6 Å². The molecule has 0 heterocycles. The quantitative estimate of drug-likeness (QED) is 0.190. The molecular weight excluding hydrogens is 472 g/mol. The van der Waals surface area contributed by atoms with Gasteiger partial charge in [0.05, 0.1) is 11.1 Å². The molecule has 0 atom stereocenters. The zero-order chi connectivity index (χ0) is 26.2. The minimum absolute atomic E-state index is 0.231. The Morgan fingerprint density at radius 3 is 1.16 bits per heavy atom. The third-order valence-electron chi connectivity index (χ3n) is 6.12. The van der Waals surface area contributed by atoms with Crippen LogP contribution in [0, 0.1) is 0 Å². The summed E-state index contributed by atoms with van der Waals surface area (Å²) in [4.78, 5) is 27.3. The van der Waals surface area contributed by atoms with Gasteiger partial charge in [0.2, 0.25) is 0 Å². The second kappa shape index (κ2) is 11.8. The van der Waals surface area contributed by atoms with Gasteiger partial charge in [-0.1, -0.05) is 121 Å². The zero-order valence-corrected chi connectivity index (χ0v) is 20.7. The molecule has 4 nitrogen and oxygen atoms in total. The summed E-state index contributed by atoms with van der Waals surface area (Å²) in [6.07, 6.45) is 0. The van der Waals surface area contributed by atoms with Crippen molar-refractivity contribution in [3.8, 4) is 11.5 Å². The molecule has 5 rings (SSSR count). The molecule has 0 saturated carbocycles. The molecule has 0 bridgehead atoms. The van der Waals surface area contributed by atoms with Crippen LogP contribution < -0.4 is 9.47 Å². The standard InChI is InChI=1S/C34H26O4/c35-33(27-17-9-3-10-18-27)29-21-30(34(36)28-19-11-4-12-20-28)32(38-24-26-15-7-2-8-16-26)22-31(29)37-23-25-13-5-1-6-14-25/h1-22H,23-24H2. The van der Waals surface area contributed by atoms with E-state index in [-0.39, 0.29) is 24.8 Å². The van der Waals surface area contributed by atoms with Gasteiger partial charge in [0.15, 0.2) is 11.6 Å². The van der Waals surface area contributed by atoms with Gasteiger partial charge in [-0.3, -0.25) is 9.59 Å². The average Bonchev–Trinajstić information content (AvgIpc) is 3.00. The fourth-order valence-electron chi connectivity index (χ4n) is 4.12. The van der Waals surface area contributed by atoms with Crippen LogP contribution in [0.5, 0.6) is 11.5 Å². The molecule has 0 spiro atoms. The van der Waals surface area contributed by atoms with E-state index in [9.17, 15) is 9.59 Å². The molecule has 0 aliphatic rings. The van der Waals surface area contributed by atoms with Crippen LogP contribution in [0.15, 0.2) is 133 Å². The van der Waals surface area contributed by atoms with Crippen molar-refractivity contribution < 1.29 is 19.1 Å². The van der Waals surface area contributed by atoms with E-state index in [1.165, 1.54) is 0 Å². The summed E-state index contributed by atoms with van der Waals surface area (Å²) >= 11 is 0. The molecule has 0 aliphatic heterocycles. The van der Waals surface area contributed by atoms with Gasteiger partial charge in [-0.05, 0) is 17.2 Å². The van der Waals surface area contributed by atoms with Crippen molar-refractivity contribution in [2.75, 3.05) is 0 Å². The highest BCUT2D eigenvalue weighted by atomic mass is 16.5. The number of rotatable bonds is 10. The van der Waals surface area contributed by atoms with Crippen molar-refractivity contribution in [2.45, 2.75) is 13.2 Å². The Balaban J connectivity index is 1.59. The minimum Gasteiger partial charge on any atom is -0.488 e. The van der Waals surface area contributed by atoms with Gasteiger partial charge in [-0.2, -0.15) is 0 Å². The normalized spacial score (nSPS) is 10.5. The SMILES string of the molecule is O=C(c1ccccc1)c1cc(C(=O)c2ccccc2)c(OCc2ccccc2)cc1OCc1ccccc1. The van der Waals surface area contributed by atoms with E-state index in [0.29, 0.717) is 33.8 Å². The number of hydrogen-bond acceptors (Lipinski definition) is 4. The number of benzene rings is 5. The Bertz CT molecular complexity index is 1400. The fraction of sp³-hybridized carbons (Fsp3) is 0.0588. The monoisotopic (exact) mass is 498 g/mol. The molecule has 0 saturated heterocycles. The third kappa shape index (κ3) is 5.88. The Labute approximate surface area is 222 Å². The smallest absolute Gasteiger partial charge is 0.196 e. The molecule has 5 aromatic carbocycles. The molecule has 0 aromatic heterocycles. The summed E-state index contributed by atoms with van der Waals surface area (Å²) in [5.74, 6) is 0.251. The predicted octanol–water partition coefficient (Wildman–Crippen LogP) is 7.31. The summed E-state index contributed by atoms with van der Waals surface area (Å²) in [7, 11) is 0. The molecule has 5 aromatic rings. The summed E-state index contributed by atoms with van der Waals surface area (Å²) in [6, 6.07) is 40.7. The Morgan fingerprint density at radius 1 is 0.447 bits per heavy atom. The zero-order valence-electron chi connectivity index (χ0n) is 20.7. The van der Waals surface area contributed by atoms with E-state index in [2.05, 4.69) is 0 Å². The summed E-state index contributed by atoms with van der Waals surface area (Å²) in [5.41, 5.74) is 3.54.